The lowest BCUT2D eigenvalue weighted by Crippen LogP contribution is -2.02. The SMILES string of the molecule is CCn1nccc1-c1nnc(SCC(=O)OC)o1. The molecule has 0 aliphatic heterocycles. The number of carbonyl (C=O) groups excluding carboxylic acids is 1. The number of hydrogen-bond acceptors (Lipinski definition) is 7. The zero-order valence-electron chi connectivity index (χ0n) is 9.99. The molecule has 0 fully saturated rings. The van der Waals surface area contributed by atoms with Crippen LogP contribution in [0.4, 0.5) is 0 Å². The molecular weight excluding hydrogens is 256 g/mol. The Bertz CT molecular complexity index is 537. The van der Waals surface area contributed by atoms with Gasteiger partial charge >= 0.3 is 5.97 Å². The number of ether oxygens (including phenoxy) is 1. The molecule has 2 aromatic heterocycles. The molecule has 2 aromatic rings. The van der Waals surface area contributed by atoms with Crippen LogP contribution in [-0.4, -0.2) is 38.8 Å². The molecule has 8 heteroatoms. The Morgan fingerprint density at radius 1 is 1.56 bits per heavy atom. The van der Waals surface area contributed by atoms with Gasteiger partial charge in [-0.25, -0.2) is 0 Å². The third kappa shape index (κ3) is 2.70. The topological polar surface area (TPSA) is 83.0 Å². The number of thioether (sulfide) groups is 1. The van der Waals surface area contributed by atoms with Gasteiger partial charge in [-0.3, -0.25) is 9.48 Å². The summed E-state index contributed by atoms with van der Waals surface area (Å²) < 4.78 is 11.7. The van der Waals surface area contributed by atoms with Gasteiger partial charge in [-0.15, -0.1) is 10.2 Å². The average Bonchev–Trinajstić information content (AvgIpc) is 3.03. The highest BCUT2D eigenvalue weighted by atomic mass is 32.2. The minimum absolute atomic E-state index is 0.144. The van der Waals surface area contributed by atoms with E-state index in [0.717, 1.165) is 24.0 Å². The first-order valence-corrected chi connectivity index (χ1v) is 6.28. The van der Waals surface area contributed by atoms with Crippen LogP contribution in [0.15, 0.2) is 21.9 Å². The minimum atomic E-state index is -0.335. The summed E-state index contributed by atoms with van der Waals surface area (Å²) in [6.45, 7) is 2.69. The molecule has 0 aliphatic carbocycles. The van der Waals surface area contributed by atoms with Crippen LogP contribution < -0.4 is 0 Å². The van der Waals surface area contributed by atoms with E-state index in [2.05, 4.69) is 20.0 Å². The number of aromatic nitrogens is 4. The molecule has 0 saturated carbocycles. The van der Waals surface area contributed by atoms with E-state index in [1.807, 2.05) is 6.92 Å². The largest absolute Gasteiger partial charge is 0.468 e. The third-order valence-electron chi connectivity index (χ3n) is 2.18. The second-order valence-corrected chi connectivity index (χ2v) is 4.20. The summed E-state index contributed by atoms with van der Waals surface area (Å²) in [6.07, 6.45) is 1.67. The van der Waals surface area contributed by atoms with Crippen molar-refractivity contribution in [1.82, 2.24) is 20.0 Å². The zero-order chi connectivity index (χ0) is 13.0. The van der Waals surface area contributed by atoms with Crippen molar-refractivity contribution in [3.05, 3.63) is 12.3 Å². The predicted molar refractivity (Wildman–Crippen MR) is 63.9 cm³/mol. The van der Waals surface area contributed by atoms with E-state index >= 15 is 0 Å². The number of esters is 1. The van der Waals surface area contributed by atoms with Crippen LogP contribution in [0.1, 0.15) is 6.92 Å². The number of nitrogens with zero attached hydrogens (tertiary/aromatic N) is 4. The lowest BCUT2D eigenvalue weighted by Gasteiger charge is -1.98. The molecule has 0 amide bonds. The lowest BCUT2D eigenvalue weighted by atomic mass is 10.4. The Kier molecular flexibility index (Phi) is 3.98. The van der Waals surface area contributed by atoms with Crippen LogP contribution >= 0.6 is 11.8 Å². The van der Waals surface area contributed by atoms with Gasteiger partial charge in [0.25, 0.3) is 11.1 Å². The molecule has 96 valence electrons. The van der Waals surface area contributed by atoms with Crippen molar-refractivity contribution in [2.75, 3.05) is 12.9 Å². The summed E-state index contributed by atoms with van der Waals surface area (Å²) in [7, 11) is 1.34. The van der Waals surface area contributed by atoms with Gasteiger partial charge in [-0.1, -0.05) is 11.8 Å². The van der Waals surface area contributed by atoms with Crippen LogP contribution in [0.2, 0.25) is 0 Å². The van der Waals surface area contributed by atoms with E-state index in [4.69, 9.17) is 4.42 Å². The molecule has 0 radical (unpaired) electrons. The summed E-state index contributed by atoms with van der Waals surface area (Å²) in [6, 6.07) is 1.80. The first kappa shape index (κ1) is 12.6. The predicted octanol–water partition coefficient (Wildman–Crippen LogP) is 1.22. The molecule has 2 rings (SSSR count). The normalized spacial score (nSPS) is 10.6. The summed E-state index contributed by atoms with van der Waals surface area (Å²) in [4.78, 5) is 11.0. The van der Waals surface area contributed by atoms with Gasteiger partial charge in [0, 0.05) is 12.7 Å². The Morgan fingerprint density at radius 2 is 2.39 bits per heavy atom. The summed E-state index contributed by atoms with van der Waals surface area (Å²) >= 11 is 1.14. The van der Waals surface area contributed by atoms with E-state index in [-0.39, 0.29) is 11.7 Å². The fourth-order valence-corrected chi connectivity index (χ4v) is 1.91. The highest BCUT2D eigenvalue weighted by molar-refractivity contribution is 7.99. The molecular formula is C10H12N4O3S. The van der Waals surface area contributed by atoms with Gasteiger partial charge in [0.2, 0.25) is 0 Å². The van der Waals surface area contributed by atoms with Gasteiger partial charge in [0.05, 0.1) is 7.11 Å². The molecule has 0 saturated heterocycles. The fraction of sp³-hybridized carbons (Fsp3) is 0.400. The van der Waals surface area contributed by atoms with Crippen molar-refractivity contribution in [1.29, 1.82) is 0 Å². The lowest BCUT2D eigenvalue weighted by molar-refractivity contribution is -0.137. The number of carbonyl (C=O) groups is 1. The smallest absolute Gasteiger partial charge is 0.316 e. The number of aryl methyl sites for hydroxylation is 1. The van der Waals surface area contributed by atoms with E-state index in [0.29, 0.717) is 11.1 Å². The van der Waals surface area contributed by atoms with Crippen LogP contribution in [0.3, 0.4) is 0 Å². The van der Waals surface area contributed by atoms with Crippen LogP contribution in [0.5, 0.6) is 0 Å². The fourth-order valence-electron chi connectivity index (χ4n) is 1.32. The summed E-state index contributed by atoms with van der Waals surface area (Å²) in [5.41, 5.74) is 0.759. The van der Waals surface area contributed by atoms with E-state index in [1.165, 1.54) is 7.11 Å². The number of rotatable bonds is 5. The Hall–Kier alpha value is -1.83. The van der Waals surface area contributed by atoms with Crippen LogP contribution in [0.25, 0.3) is 11.6 Å². The van der Waals surface area contributed by atoms with E-state index < -0.39 is 0 Å². The maximum absolute atomic E-state index is 11.0. The van der Waals surface area contributed by atoms with Crippen molar-refractivity contribution in [3.8, 4) is 11.6 Å². The molecule has 0 atom stereocenters. The van der Waals surface area contributed by atoms with E-state index in [1.54, 1.807) is 16.9 Å². The van der Waals surface area contributed by atoms with Crippen LogP contribution in [-0.2, 0) is 16.1 Å². The maximum Gasteiger partial charge on any atom is 0.316 e. The molecule has 0 bridgehead atoms. The summed E-state index contributed by atoms with van der Waals surface area (Å²) in [5, 5.41) is 12.2. The standard InChI is InChI=1S/C10H12N4O3S/c1-3-14-7(4-5-11-14)9-12-13-10(17-9)18-6-8(15)16-2/h4-5H,3,6H2,1-2H3. The maximum atomic E-state index is 11.0. The number of methoxy groups -OCH3 is 1. The van der Waals surface area contributed by atoms with Gasteiger partial charge in [0.1, 0.15) is 11.4 Å². The second-order valence-electron chi connectivity index (χ2n) is 3.27. The third-order valence-corrected chi connectivity index (χ3v) is 2.97. The average molecular weight is 268 g/mol. The van der Waals surface area contributed by atoms with Gasteiger partial charge in [0.15, 0.2) is 0 Å². The molecule has 18 heavy (non-hydrogen) atoms. The van der Waals surface area contributed by atoms with Crippen molar-refractivity contribution in [2.24, 2.45) is 0 Å². The van der Waals surface area contributed by atoms with E-state index in [9.17, 15) is 4.79 Å². The van der Waals surface area contributed by atoms with Crippen molar-refractivity contribution in [3.63, 3.8) is 0 Å². The molecule has 0 N–H and O–H groups in total. The van der Waals surface area contributed by atoms with Gasteiger partial charge in [-0.2, -0.15) is 5.10 Å². The highest BCUT2D eigenvalue weighted by Gasteiger charge is 2.14. The number of hydrogen-bond donors (Lipinski definition) is 0. The molecule has 0 unspecified atom stereocenters. The summed E-state index contributed by atoms with van der Waals surface area (Å²) in [5.74, 6) is 0.200. The zero-order valence-corrected chi connectivity index (χ0v) is 10.8. The Balaban J connectivity index is 2.08. The second kappa shape index (κ2) is 5.67. The highest BCUT2D eigenvalue weighted by Crippen LogP contribution is 2.22. The molecule has 2 heterocycles. The van der Waals surface area contributed by atoms with Crippen molar-refractivity contribution < 1.29 is 13.9 Å². The molecule has 0 aliphatic rings. The molecule has 7 nitrogen and oxygen atoms in total. The van der Waals surface area contributed by atoms with Gasteiger partial charge in [-0.05, 0) is 13.0 Å². The molecule has 0 spiro atoms. The Morgan fingerprint density at radius 3 is 3.11 bits per heavy atom. The van der Waals surface area contributed by atoms with Crippen molar-refractivity contribution >= 4 is 17.7 Å². The first-order valence-electron chi connectivity index (χ1n) is 5.30. The first-order chi connectivity index (χ1) is 8.74. The van der Waals surface area contributed by atoms with Crippen LogP contribution in [0, 0.1) is 0 Å². The van der Waals surface area contributed by atoms with Gasteiger partial charge < -0.3 is 9.15 Å². The Labute approximate surface area is 108 Å². The monoisotopic (exact) mass is 268 g/mol. The molecule has 0 aromatic carbocycles. The minimum Gasteiger partial charge on any atom is -0.468 e. The van der Waals surface area contributed by atoms with Crippen molar-refractivity contribution in [2.45, 2.75) is 18.7 Å². The quantitative estimate of drug-likeness (QED) is 0.595.